The Morgan fingerprint density at radius 1 is 0.382 bits per heavy atom. The number of nitrogens with zero attached hydrogens (tertiary/aromatic N) is 8. The van der Waals surface area contributed by atoms with Gasteiger partial charge in [-0.15, -0.1) is 0 Å². The van der Waals surface area contributed by atoms with E-state index in [0.29, 0.717) is 117 Å². The van der Waals surface area contributed by atoms with Gasteiger partial charge in [0.2, 0.25) is 23.6 Å². The van der Waals surface area contributed by atoms with E-state index in [2.05, 4.69) is 94.5 Å². The van der Waals surface area contributed by atoms with Crippen LogP contribution in [0.5, 0.6) is 0 Å². The predicted octanol–water partition coefficient (Wildman–Crippen LogP) is 14.0. The SMILES string of the molecule is CC1(C)OB(B2OC(C)(C)C(C)(C)O2)OC1(C)C.COC(=O)N[C@H](C(=O)N1CC2(C[C@H]1C1=NC=C(c3ccc(-c4ccc(-c5cnc([C@@H]6CC7(COCO7)CN6C(=O)[C@@H](NC(=O)OC)C(C)C)[nH]5)cc4)cc3)C1)OCCO2)C(C)C.COC(=O)N[C@H](C(=O)N1CC2(C[C@H]1C1=NC=C(c3ccc(Br)cc3)C1)OCCO2)C(C)C.COC(=O)N[C@H](C(=O)N1CC2(C[C@H]1C1=NC=C(c3ccc(Br)cc3)C1)OCCO2)C(C)C. The fourth-order valence-corrected chi connectivity index (χ4v) is 20.5. The summed E-state index contributed by atoms with van der Waals surface area (Å²) < 4.78 is 92.4. The van der Waals surface area contributed by atoms with Crippen LogP contribution in [0.1, 0.15) is 184 Å². The first-order chi connectivity index (χ1) is 68.3. The lowest BCUT2D eigenvalue weighted by Gasteiger charge is -2.32. The summed E-state index contributed by atoms with van der Waals surface area (Å²) >= 11 is 6.93. The first-order valence-corrected chi connectivity index (χ1v) is 50.8. The van der Waals surface area contributed by atoms with E-state index in [0.717, 1.165) is 81.9 Å². The van der Waals surface area contributed by atoms with Crippen LogP contribution in [-0.4, -0.2) is 304 Å². The van der Waals surface area contributed by atoms with Crippen molar-refractivity contribution in [2.45, 2.75) is 249 Å². The molecule has 4 spiro atoms. The van der Waals surface area contributed by atoms with Crippen molar-refractivity contribution < 1.29 is 114 Å². The standard InChI is InChI=1S/C45H55N7O10.2C23H28BrN3O5.C12H24B2O4/c1-26(2)37(49-42(55)57-5)40(53)51-22-44(24-59-25-62-44)18-36(51)39-47-21-34(48-39)31-13-11-29(12-14-31)28-7-9-30(10-8-28)32-17-33(46-20-32)35-19-45(60-15-16-61-45)23-52(35)41(54)38(27(3)4)50-43(56)58-6;2*1-14(2)20(26-22(29)30-3)21(28)27-13-23(31-8-9-32-23)11-19(27)18-10-16(12-25-18)15-4-6-17(24)7-5-15;1-9(2)10(3,4)16-13(15-9)14-17-11(5,6)12(7,8)18-14/h7-14,20-21,26-27,35-38H,15-19,22-25H2,1-6H3,(H,47,48)(H,49,55)(H,50,56);2*4-7,12,14,19-20H,8-11,13H2,1-3H3,(H,26,29);1-8H3/t35-,36-,37-,38-,44?;2*19-,20-;/m000./s1. The van der Waals surface area contributed by atoms with Crippen molar-refractivity contribution in [3.8, 4) is 22.4 Å². The minimum atomic E-state index is -0.903. The zero-order chi connectivity index (χ0) is 104. The smallest absolute Gasteiger partial charge is 0.453 e. The highest BCUT2D eigenvalue weighted by Crippen LogP contribution is 2.48. The number of hydrogen-bond acceptors (Lipinski definition) is 28. The summed E-state index contributed by atoms with van der Waals surface area (Å²) in [6.07, 6.45) is 8.60. The minimum Gasteiger partial charge on any atom is -0.453 e. The van der Waals surface area contributed by atoms with E-state index < -0.39 is 91.6 Å². The second-order valence-electron chi connectivity index (χ2n) is 41.7. The summed E-state index contributed by atoms with van der Waals surface area (Å²) in [4.78, 5) is 133. The van der Waals surface area contributed by atoms with Gasteiger partial charge in [0.15, 0.2) is 17.4 Å². The van der Waals surface area contributed by atoms with E-state index in [-0.39, 0.29) is 101 Å². The number of ether oxygens (including phenoxy) is 12. The highest BCUT2D eigenvalue weighted by Gasteiger charge is 2.65. The molecule has 14 heterocycles. The van der Waals surface area contributed by atoms with E-state index in [1.165, 1.54) is 28.4 Å². The maximum atomic E-state index is 14.0. The number of aromatic amines is 1. The normalized spacial score (nSPS) is 24.4. The van der Waals surface area contributed by atoms with Gasteiger partial charge < -0.3 is 121 Å². The second kappa shape index (κ2) is 44.5. The third kappa shape index (κ3) is 23.8. The van der Waals surface area contributed by atoms with Crippen LogP contribution in [0.15, 0.2) is 146 Å². The maximum absolute atomic E-state index is 14.0. The monoisotopic (exact) mass is 2120 g/mol. The lowest BCUT2D eigenvalue weighted by Crippen LogP contribution is -2.54. The number of nitrogens with one attached hydrogen (secondary N) is 5. The van der Waals surface area contributed by atoms with Crippen LogP contribution in [0.25, 0.3) is 39.1 Å². The van der Waals surface area contributed by atoms with Gasteiger partial charge in [0.25, 0.3) is 0 Å². The van der Waals surface area contributed by atoms with Crippen molar-refractivity contribution in [2.24, 2.45) is 38.6 Å². The Morgan fingerprint density at radius 3 is 0.938 bits per heavy atom. The van der Waals surface area contributed by atoms with Gasteiger partial charge >= 0.3 is 38.4 Å². The number of aromatic nitrogens is 2. The van der Waals surface area contributed by atoms with Crippen LogP contribution < -0.4 is 21.3 Å². The molecular formula is C103H135B2Br2N13O24. The number of rotatable bonds is 22. The number of aliphatic imine (C=N–C) groups is 3. The summed E-state index contributed by atoms with van der Waals surface area (Å²) in [5.41, 5.74) is 10.8. The van der Waals surface area contributed by atoms with Gasteiger partial charge in [-0.05, 0) is 153 Å². The number of methoxy groups -OCH3 is 4. The minimum absolute atomic E-state index is 0.119. The molecular weight excluding hydrogens is 1980 g/mol. The van der Waals surface area contributed by atoms with Crippen molar-refractivity contribution in [3.05, 3.63) is 153 Å². The third-order valence-corrected chi connectivity index (χ3v) is 30.6. The fraction of sp³-hybridized carbons (Fsp3) is 0.573. The van der Waals surface area contributed by atoms with Crippen LogP contribution in [0.2, 0.25) is 0 Å². The largest absolute Gasteiger partial charge is 0.488 e. The van der Waals surface area contributed by atoms with Crippen LogP contribution >= 0.6 is 31.9 Å². The van der Waals surface area contributed by atoms with Crippen molar-refractivity contribution in [1.82, 2.24) is 50.8 Å². The molecule has 18 rings (SSSR count). The molecule has 4 aromatic carbocycles. The highest BCUT2D eigenvalue weighted by atomic mass is 79.9. The highest BCUT2D eigenvalue weighted by molar-refractivity contribution is 9.10. The van der Waals surface area contributed by atoms with E-state index in [1.54, 1.807) is 25.8 Å². The van der Waals surface area contributed by atoms with E-state index in [4.69, 9.17) is 95.4 Å². The number of hydrogen-bond donors (Lipinski definition) is 5. The second-order valence-corrected chi connectivity index (χ2v) is 43.6. The van der Waals surface area contributed by atoms with Gasteiger partial charge in [0.1, 0.15) is 42.4 Å². The molecule has 10 saturated heterocycles. The number of amides is 8. The number of halogens is 2. The molecule has 776 valence electrons. The van der Waals surface area contributed by atoms with E-state index >= 15 is 0 Å². The quantitative estimate of drug-likeness (QED) is 0.0317. The molecule has 0 radical (unpaired) electrons. The molecule has 8 amide bonds. The molecule has 41 heteroatoms. The fourth-order valence-electron chi connectivity index (χ4n) is 20.0. The molecule has 10 fully saturated rings. The number of carbonyl (C=O) groups is 8. The summed E-state index contributed by atoms with van der Waals surface area (Å²) in [5, 5.41) is 10.8. The van der Waals surface area contributed by atoms with Gasteiger partial charge in [0, 0.05) is 89.6 Å². The number of benzene rings is 4. The molecule has 13 aliphatic rings. The molecule has 1 aromatic heterocycles. The summed E-state index contributed by atoms with van der Waals surface area (Å²) in [5.74, 6) is -3.38. The first-order valence-electron chi connectivity index (χ1n) is 49.2. The van der Waals surface area contributed by atoms with Crippen molar-refractivity contribution >= 4 is 128 Å². The molecule has 5 N–H and O–H groups in total. The predicted molar refractivity (Wildman–Crippen MR) is 545 cm³/mol. The summed E-state index contributed by atoms with van der Waals surface area (Å²) in [6, 6.07) is 28.4. The van der Waals surface area contributed by atoms with Gasteiger partial charge in [-0.3, -0.25) is 34.2 Å². The molecule has 0 saturated carbocycles. The molecule has 37 nitrogen and oxygen atoms in total. The van der Waals surface area contributed by atoms with Crippen molar-refractivity contribution in [2.75, 3.05) is 108 Å². The van der Waals surface area contributed by atoms with Crippen molar-refractivity contribution in [3.63, 3.8) is 0 Å². The van der Waals surface area contributed by atoms with Crippen LogP contribution in [-0.2, 0) is 94.6 Å². The molecule has 144 heavy (non-hydrogen) atoms. The number of allylic oxidation sites excluding steroid dienone is 3. The van der Waals surface area contributed by atoms with Crippen LogP contribution in [0, 0.1) is 23.7 Å². The Hall–Kier alpha value is -10.1. The molecule has 0 aliphatic carbocycles. The third-order valence-electron chi connectivity index (χ3n) is 29.5. The van der Waals surface area contributed by atoms with Crippen LogP contribution in [0.3, 0.4) is 0 Å². The Kier molecular flexibility index (Phi) is 33.4. The van der Waals surface area contributed by atoms with E-state index in [9.17, 15) is 38.4 Å². The Labute approximate surface area is 858 Å². The van der Waals surface area contributed by atoms with Gasteiger partial charge in [-0.25, -0.2) is 24.2 Å². The first kappa shape index (κ1) is 108. The lowest BCUT2D eigenvalue weighted by molar-refractivity contribution is -0.153. The molecule has 9 atom stereocenters. The Balaban J connectivity index is 0.000000160. The topological polar surface area (TPSA) is 411 Å². The Morgan fingerprint density at radius 2 is 0.660 bits per heavy atom. The maximum Gasteiger partial charge on any atom is 0.488 e. The van der Waals surface area contributed by atoms with E-state index in [1.807, 2.05) is 190 Å². The molecule has 5 aromatic rings. The molecule has 1 unspecified atom stereocenters. The molecule has 13 aliphatic heterocycles. The number of carbonyl (C=O) groups excluding carboxylic acids is 8. The molecule has 0 bridgehead atoms. The van der Waals surface area contributed by atoms with Crippen molar-refractivity contribution in [1.29, 1.82) is 0 Å². The number of imidazole rings is 1. The average molecular weight is 2120 g/mol. The summed E-state index contributed by atoms with van der Waals surface area (Å²) in [6.45, 7) is 35.8. The Bertz CT molecular complexity index is 5470. The number of H-pyrrole nitrogens is 1. The number of likely N-dealkylation sites (tertiary alicyclic amines) is 4. The summed E-state index contributed by atoms with van der Waals surface area (Å²) in [7, 11) is 4.17. The average Bonchev–Trinajstić information content (AvgIpc) is 1.62. The zero-order valence-electron chi connectivity index (χ0n) is 85.7. The number of alkyl carbamates (subject to hydrolysis) is 4. The van der Waals surface area contributed by atoms with Gasteiger partial charge in [-0.1, -0.05) is 160 Å². The van der Waals surface area contributed by atoms with Gasteiger partial charge in [0.05, 0.1) is 159 Å². The zero-order valence-corrected chi connectivity index (χ0v) is 88.9. The lowest BCUT2D eigenvalue weighted by atomic mass is 9.49. The van der Waals surface area contributed by atoms with Crippen LogP contribution in [0.4, 0.5) is 19.2 Å². The van der Waals surface area contributed by atoms with Gasteiger partial charge in [-0.2, -0.15) is 0 Å².